The number of piperidine rings is 1. The number of carbonyl (C=O) groups is 1. The maximum absolute atomic E-state index is 12.4. The minimum absolute atomic E-state index is 0. The van der Waals surface area contributed by atoms with Crippen LogP contribution in [-0.4, -0.2) is 25.4 Å². The molecule has 1 N–H and O–H groups in total. The summed E-state index contributed by atoms with van der Waals surface area (Å²) in [5.74, 6) is 0.403. The fourth-order valence-corrected chi connectivity index (χ4v) is 5.63. The van der Waals surface area contributed by atoms with Gasteiger partial charge < -0.3 is 17.3 Å². The Hall–Kier alpha value is -1.20. The summed E-state index contributed by atoms with van der Waals surface area (Å²) in [5, 5.41) is 8.90. The largest absolute Gasteiger partial charge is 1.00 e. The molecule has 28 heavy (non-hydrogen) atoms. The standard InChI is InChI=1S/C23H27NOS2.ClH/c25-22(18-4-2-1-3-5-18)8-13-24-11-6-19(7-12-24)23(20-9-14-26-16-20)21-10-15-27-17-21;/h4,9-10,14-17H,1-3,5-8,11-13H2;1H. The predicted octanol–water partition coefficient (Wildman–Crippen LogP) is 1.75. The van der Waals surface area contributed by atoms with Gasteiger partial charge in [0.1, 0.15) is 0 Å². The third-order valence-corrected chi connectivity index (χ3v) is 7.26. The Bertz CT molecular complexity index is 775. The highest BCUT2D eigenvalue weighted by molar-refractivity contribution is 7.08. The molecule has 2 aliphatic rings. The Morgan fingerprint density at radius 3 is 2.18 bits per heavy atom. The maximum atomic E-state index is 12.4. The van der Waals surface area contributed by atoms with Crippen LogP contribution in [0.25, 0.3) is 5.57 Å². The number of carbonyl (C=O) groups excluding carboxylic acids is 1. The number of hydrogen-bond donors (Lipinski definition) is 1. The number of Topliss-reactive ketones (excluding diaryl/α,β-unsaturated/α-hetero) is 1. The van der Waals surface area contributed by atoms with E-state index in [4.69, 9.17) is 0 Å². The van der Waals surface area contributed by atoms with E-state index in [1.165, 1.54) is 29.5 Å². The van der Waals surface area contributed by atoms with Crippen LogP contribution in [-0.2, 0) is 4.79 Å². The lowest BCUT2D eigenvalue weighted by Gasteiger charge is -2.27. The van der Waals surface area contributed by atoms with Crippen molar-refractivity contribution in [3.63, 3.8) is 0 Å². The minimum Gasteiger partial charge on any atom is -1.00 e. The Morgan fingerprint density at radius 2 is 1.64 bits per heavy atom. The second-order valence-corrected chi connectivity index (χ2v) is 9.21. The molecule has 1 fully saturated rings. The van der Waals surface area contributed by atoms with Gasteiger partial charge in [0.2, 0.25) is 0 Å². The molecule has 5 heteroatoms. The van der Waals surface area contributed by atoms with Gasteiger partial charge in [0.05, 0.1) is 26.1 Å². The summed E-state index contributed by atoms with van der Waals surface area (Å²) >= 11 is 3.55. The highest BCUT2D eigenvalue weighted by atomic mass is 35.5. The van der Waals surface area contributed by atoms with Crippen molar-refractivity contribution >= 4 is 34.0 Å². The van der Waals surface area contributed by atoms with Gasteiger partial charge >= 0.3 is 0 Å². The Morgan fingerprint density at radius 1 is 0.964 bits per heavy atom. The van der Waals surface area contributed by atoms with Crippen molar-refractivity contribution < 1.29 is 22.1 Å². The first-order valence-electron chi connectivity index (χ1n) is 10.1. The van der Waals surface area contributed by atoms with Crippen molar-refractivity contribution in [3.05, 3.63) is 62.0 Å². The Balaban J connectivity index is 0.00000225. The van der Waals surface area contributed by atoms with Crippen LogP contribution in [0.1, 0.15) is 56.1 Å². The molecule has 150 valence electrons. The number of ketones is 1. The van der Waals surface area contributed by atoms with Crippen LogP contribution in [0.2, 0.25) is 0 Å². The van der Waals surface area contributed by atoms with Crippen LogP contribution in [0.3, 0.4) is 0 Å². The summed E-state index contributed by atoms with van der Waals surface area (Å²) in [7, 11) is 0. The normalized spacial score (nSPS) is 19.6. The molecule has 1 saturated heterocycles. The van der Waals surface area contributed by atoms with Gasteiger partial charge in [-0.25, -0.2) is 0 Å². The lowest BCUT2D eigenvalue weighted by atomic mass is 9.90. The van der Waals surface area contributed by atoms with Crippen molar-refractivity contribution in [3.8, 4) is 0 Å². The average Bonchev–Trinajstić information content (AvgIpc) is 3.43. The molecule has 3 heterocycles. The summed E-state index contributed by atoms with van der Waals surface area (Å²) in [5.41, 5.74) is 6.90. The Kier molecular flexibility index (Phi) is 8.10. The second kappa shape index (κ2) is 10.5. The maximum Gasteiger partial charge on any atom is 0.164 e. The third-order valence-electron chi connectivity index (χ3n) is 5.89. The zero-order chi connectivity index (χ0) is 18.5. The lowest BCUT2D eigenvalue weighted by Crippen LogP contribution is -3.13. The number of hydrogen-bond acceptors (Lipinski definition) is 3. The molecule has 0 saturated carbocycles. The van der Waals surface area contributed by atoms with Gasteiger partial charge in [-0.15, -0.1) is 0 Å². The summed E-state index contributed by atoms with van der Waals surface area (Å²) in [4.78, 5) is 14.0. The number of rotatable bonds is 6. The topological polar surface area (TPSA) is 21.5 Å². The van der Waals surface area contributed by atoms with Crippen LogP contribution >= 0.6 is 22.7 Å². The molecule has 0 aromatic carbocycles. The fourth-order valence-electron chi connectivity index (χ4n) is 4.34. The first-order chi connectivity index (χ1) is 13.3. The molecule has 4 rings (SSSR count). The summed E-state index contributed by atoms with van der Waals surface area (Å²) in [6, 6.07) is 4.50. The van der Waals surface area contributed by atoms with Gasteiger partial charge in [-0.05, 0) is 81.6 Å². The summed E-state index contributed by atoms with van der Waals surface area (Å²) in [6.45, 7) is 3.30. The smallest absolute Gasteiger partial charge is 0.164 e. The molecule has 0 radical (unpaired) electrons. The Labute approximate surface area is 182 Å². The summed E-state index contributed by atoms with van der Waals surface area (Å²) in [6.07, 6.45) is 9.75. The first kappa shape index (κ1) is 21.5. The number of allylic oxidation sites excluding steroid dienone is 2. The monoisotopic (exact) mass is 433 g/mol. The zero-order valence-electron chi connectivity index (χ0n) is 16.2. The number of thiophene rings is 2. The highest BCUT2D eigenvalue weighted by Gasteiger charge is 2.23. The van der Waals surface area contributed by atoms with Crippen LogP contribution in [0.15, 0.2) is 50.9 Å². The van der Waals surface area contributed by atoms with E-state index in [2.05, 4.69) is 39.7 Å². The van der Waals surface area contributed by atoms with Crippen molar-refractivity contribution in [2.75, 3.05) is 19.6 Å². The van der Waals surface area contributed by atoms with E-state index in [1.54, 1.807) is 33.1 Å². The van der Waals surface area contributed by atoms with Gasteiger partial charge in [0, 0.05) is 12.8 Å². The molecular formula is C23H28ClNOS2. The molecule has 0 unspecified atom stereocenters. The molecule has 0 amide bonds. The third kappa shape index (κ3) is 5.24. The molecule has 0 atom stereocenters. The van der Waals surface area contributed by atoms with Gasteiger partial charge in [-0.2, -0.15) is 22.7 Å². The molecule has 0 spiro atoms. The molecule has 1 aliphatic heterocycles. The minimum atomic E-state index is 0. The lowest BCUT2D eigenvalue weighted by molar-refractivity contribution is -0.902. The van der Waals surface area contributed by atoms with Gasteiger partial charge in [-0.3, -0.25) is 4.79 Å². The van der Waals surface area contributed by atoms with Crippen molar-refractivity contribution in [1.82, 2.24) is 0 Å². The van der Waals surface area contributed by atoms with Gasteiger partial charge in [-0.1, -0.05) is 11.6 Å². The van der Waals surface area contributed by atoms with Crippen LogP contribution < -0.4 is 17.3 Å². The fraction of sp³-hybridized carbons (Fsp3) is 0.435. The first-order valence-corrected chi connectivity index (χ1v) is 12.0. The van der Waals surface area contributed by atoms with E-state index in [0.717, 1.165) is 57.3 Å². The van der Waals surface area contributed by atoms with Crippen LogP contribution in [0, 0.1) is 0 Å². The molecule has 2 nitrogen and oxygen atoms in total. The van der Waals surface area contributed by atoms with E-state index in [9.17, 15) is 4.79 Å². The number of nitrogens with one attached hydrogen (secondary N) is 1. The van der Waals surface area contributed by atoms with Gasteiger partial charge in [0.25, 0.3) is 0 Å². The zero-order valence-corrected chi connectivity index (χ0v) is 18.6. The van der Waals surface area contributed by atoms with Gasteiger partial charge in [0.15, 0.2) is 5.78 Å². The highest BCUT2D eigenvalue weighted by Crippen LogP contribution is 2.32. The average molecular weight is 434 g/mol. The quantitative estimate of drug-likeness (QED) is 0.736. The van der Waals surface area contributed by atoms with E-state index in [1.807, 2.05) is 0 Å². The molecular weight excluding hydrogens is 406 g/mol. The SMILES string of the molecule is O=C(CC[NH+]1CCC(=C(c2ccsc2)c2ccsc2)CC1)C1=CCCCC1.[Cl-]. The number of halogens is 1. The van der Waals surface area contributed by atoms with E-state index < -0.39 is 0 Å². The van der Waals surface area contributed by atoms with E-state index in [0.29, 0.717) is 5.78 Å². The summed E-state index contributed by atoms with van der Waals surface area (Å²) < 4.78 is 0. The van der Waals surface area contributed by atoms with Crippen molar-refractivity contribution in [1.29, 1.82) is 0 Å². The number of likely N-dealkylation sites (tertiary alicyclic amines) is 1. The van der Waals surface area contributed by atoms with Crippen molar-refractivity contribution in [2.45, 2.75) is 44.9 Å². The molecule has 2 aromatic rings. The second-order valence-electron chi connectivity index (χ2n) is 7.65. The van der Waals surface area contributed by atoms with Crippen molar-refractivity contribution in [2.24, 2.45) is 0 Å². The van der Waals surface area contributed by atoms with Crippen LogP contribution in [0.5, 0.6) is 0 Å². The molecule has 0 bridgehead atoms. The van der Waals surface area contributed by atoms with E-state index in [-0.39, 0.29) is 12.4 Å². The number of quaternary nitrogens is 1. The van der Waals surface area contributed by atoms with E-state index >= 15 is 0 Å². The predicted molar refractivity (Wildman–Crippen MR) is 116 cm³/mol. The molecule has 1 aliphatic carbocycles. The van der Waals surface area contributed by atoms with Crippen LogP contribution in [0.4, 0.5) is 0 Å². The molecule has 2 aromatic heterocycles.